The van der Waals surface area contributed by atoms with Crippen LogP contribution in [0.4, 0.5) is 5.69 Å². The van der Waals surface area contributed by atoms with Crippen LogP contribution in [0.5, 0.6) is 0 Å². The Hall–Kier alpha value is -0.610. The summed E-state index contributed by atoms with van der Waals surface area (Å²) in [4.78, 5) is 6.57. The van der Waals surface area contributed by atoms with Gasteiger partial charge in [0, 0.05) is 24.3 Å². The predicted octanol–water partition coefficient (Wildman–Crippen LogP) is 2.46. The van der Waals surface area contributed by atoms with Crippen LogP contribution < -0.4 is 4.90 Å². The summed E-state index contributed by atoms with van der Waals surface area (Å²) in [5.74, 6) is 0. The van der Waals surface area contributed by atoms with Crippen molar-refractivity contribution in [3.8, 4) is 0 Å². The maximum atomic E-state index is 5.23. The van der Waals surface area contributed by atoms with Gasteiger partial charge in [0.25, 0.3) is 0 Å². The Morgan fingerprint density at radius 2 is 2.47 bits per heavy atom. The second-order valence-electron chi connectivity index (χ2n) is 3.81. The van der Waals surface area contributed by atoms with Crippen LogP contribution >= 0.6 is 15.9 Å². The van der Waals surface area contributed by atoms with E-state index >= 15 is 0 Å². The van der Waals surface area contributed by atoms with Gasteiger partial charge in [0.05, 0.1) is 24.5 Å². The number of hydrogen-bond donors (Lipinski definition) is 0. The topological polar surface area (TPSA) is 25.4 Å². The maximum Gasteiger partial charge on any atom is 0.0666 e. The lowest BCUT2D eigenvalue weighted by molar-refractivity contribution is 0.181. The van der Waals surface area contributed by atoms with Crippen molar-refractivity contribution in [1.29, 1.82) is 0 Å². The number of aromatic nitrogens is 1. The molecule has 1 saturated heterocycles. The van der Waals surface area contributed by atoms with Crippen LogP contribution in [0.25, 0.3) is 0 Å². The van der Waals surface area contributed by atoms with Crippen LogP contribution in [0.15, 0.2) is 22.9 Å². The standard InChI is InChI=1S/C11H15BrN2O/c1-15-8-10-3-2-4-14(10)11-5-9(12)6-13-7-11/h5-7,10H,2-4,8H2,1H3/t10-/m0/s1. The highest BCUT2D eigenvalue weighted by Crippen LogP contribution is 2.26. The minimum absolute atomic E-state index is 0.506. The fourth-order valence-corrected chi connectivity index (χ4v) is 2.45. The predicted molar refractivity (Wildman–Crippen MR) is 64.2 cm³/mol. The van der Waals surface area contributed by atoms with Gasteiger partial charge >= 0.3 is 0 Å². The number of methoxy groups -OCH3 is 1. The lowest BCUT2D eigenvalue weighted by Gasteiger charge is -2.25. The summed E-state index contributed by atoms with van der Waals surface area (Å²) in [7, 11) is 1.76. The highest BCUT2D eigenvalue weighted by Gasteiger charge is 2.24. The third-order valence-electron chi connectivity index (χ3n) is 2.76. The molecule has 82 valence electrons. The molecule has 1 aromatic rings. The van der Waals surface area contributed by atoms with Crippen LogP contribution in [-0.2, 0) is 4.74 Å². The van der Waals surface area contributed by atoms with Gasteiger partial charge in [0.1, 0.15) is 0 Å². The Bertz CT molecular complexity index is 332. The monoisotopic (exact) mass is 270 g/mol. The van der Waals surface area contributed by atoms with Crippen LogP contribution in [0.2, 0.25) is 0 Å². The number of nitrogens with zero attached hydrogens (tertiary/aromatic N) is 2. The fourth-order valence-electron chi connectivity index (χ4n) is 2.10. The van der Waals surface area contributed by atoms with E-state index in [1.54, 1.807) is 7.11 Å². The van der Waals surface area contributed by atoms with E-state index in [0.29, 0.717) is 6.04 Å². The SMILES string of the molecule is COC[C@@H]1CCCN1c1cncc(Br)c1. The Labute approximate surface area is 98.6 Å². The van der Waals surface area contributed by atoms with Gasteiger partial charge in [0.2, 0.25) is 0 Å². The highest BCUT2D eigenvalue weighted by atomic mass is 79.9. The Morgan fingerprint density at radius 1 is 1.60 bits per heavy atom. The zero-order chi connectivity index (χ0) is 10.7. The first kappa shape index (κ1) is 10.9. The quantitative estimate of drug-likeness (QED) is 0.844. The molecule has 0 bridgehead atoms. The smallest absolute Gasteiger partial charge is 0.0666 e. The molecular formula is C11H15BrN2O. The van der Waals surface area contributed by atoms with E-state index in [0.717, 1.165) is 17.6 Å². The lowest BCUT2D eigenvalue weighted by Crippen LogP contribution is -2.32. The molecule has 0 aromatic carbocycles. The Kier molecular flexibility index (Phi) is 3.59. The molecule has 1 fully saturated rings. The van der Waals surface area contributed by atoms with Gasteiger partial charge in [-0.2, -0.15) is 0 Å². The molecule has 15 heavy (non-hydrogen) atoms. The maximum absolute atomic E-state index is 5.23. The summed E-state index contributed by atoms with van der Waals surface area (Å²) in [6.07, 6.45) is 6.17. The van der Waals surface area contributed by atoms with Crippen molar-refractivity contribution in [2.24, 2.45) is 0 Å². The fraction of sp³-hybridized carbons (Fsp3) is 0.545. The van der Waals surface area contributed by atoms with E-state index in [9.17, 15) is 0 Å². The van der Waals surface area contributed by atoms with Crippen LogP contribution in [-0.4, -0.2) is 31.3 Å². The van der Waals surface area contributed by atoms with Crippen LogP contribution in [0.1, 0.15) is 12.8 Å². The van der Waals surface area contributed by atoms with E-state index in [2.05, 4.69) is 31.9 Å². The van der Waals surface area contributed by atoms with Gasteiger partial charge in [-0.15, -0.1) is 0 Å². The van der Waals surface area contributed by atoms with Gasteiger partial charge < -0.3 is 9.64 Å². The Balaban J connectivity index is 2.15. The summed E-state index contributed by atoms with van der Waals surface area (Å²) in [5.41, 5.74) is 1.18. The minimum Gasteiger partial charge on any atom is -0.383 e. The van der Waals surface area contributed by atoms with Crippen molar-refractivity contribution in [3.05, 3.63) is 22.9 Å². The van der Waals surface area contributed by atoms with Gasteiger partial charge in [-0.25, -0.2) is 0 Å². The van der Waals surface area contributed by atoms with Gasteiger partial charge in [0.15, 0.2) is 0 Å². The number of halogens is 1. The third kappa shape index (κ3) is 2.49. The minimum atomic E-state index is 0.506. The molecule has 2 heterocycles. The van der Waals surface area contributed by atoms with Crippen molar-refractivity contribution in [3.63, 3.8) is 0 Å². The first-order valence-corrected chi connectivity index (χ1v) is 5.96. The average Bonchev–Trinajstić information content (AvgIpc) is 2.66. The van der Waals surface area contributed by atoms with E-state index in [1.165, 1.54) is 18.5 Å². The summed E-state index contributed by atoms with van der Waals surface area (Å²) >= 11 is 3.45. The largest absolute Gasteiger partial charge is 0.383 e. The van der Waals surface area contributed by atoms with Gasteiger partial charge in [-0.1, -0.05) is 0 Å². The molecule has 1 aliphatic heterocycles. The lowest BCUT2D eigenvalue weighted by atomic mass is 10.2. The normalized spacial score (nSPS) is 20.9. The zero-order valence-corrected chi connectivity index (χ0v) is 10.4. The summed E-state index contributed by atoms with van der Waals surface area (Å²) in [5, 5.41) is 0. The van der Waals surface area contributed by atoms with Gasteiger partial charge in [-0.3, -0.25) is 4.98 Å². The highest BCUT2D eigenvalue weighted by molar-refractivity contribution is 9.10. The Morgan fingerprint density at radius 3 is 3.20 bits per heavy atom. The molecule has 0 saturated carbocycles. The van der Waals surface area contributed by atoms with E-state index in [1.807, 2.05) is 12.4 Å². The van der Waals surface area contributed by atoms with Gasteiger partial charge in [-0.05, 0) is 34.8 Å². The van der Waals surface area contributed by atoms with Crippen LogP contribution in [0, 0.1) is 0 Å². The van der Waals surface area contributed by atoms with Crippen molar-refractivity contribution in [2.45, 2.75) is 18.9 Å². The number of hydrogen-bond acceptors (Lipinski definition) is 3. The molecule has 3 nitrogen and oxygen atoms in total. The molecule has 0 spiro atoms. The molecule has 0 N–H and O–H groups in total. The summed E-state index contributed by atoms with van der Waals surface area (Å²) in [6, 6.07) is 2.62. The van der Waals surface area contributed by atoms with Crippen molar-refractivity contribution >= 4 is 21.6 Å². The summed E-state index contributed by atoms with van der Waals surface area (Å²) < 4.78 is 6.26. The second-order valence-corrected chi connectivity index (χ2v) is 4.72. The van der Waals surface area contributed by atoms with Crippen molar-refractivity contribution < 1.29 is 4.74 Å². The molecule has 0 unspecified atom stereocenters. The zero-order valence-electron chi connectivity index (χ0n) is 8.82. The van der Waals surface area contributed by atoms with Crippen molar-refractivity contribution in [2.75, 3.05) is 25.2 Å². The molecule has 0 aliphatic carbocycles. The third-order valence-corrected chi connectivity index (χ3v) is 3.19. The molecule has 0 radical (unpaired) electrons. The molecule has 1 aromatic heterocycles. The summed E-state index contributed by atoms with van der Waals surface area (Å²) in [6.45, 7) is 1.90. The molecule has 1 aliphatic rings. The first-order chi connectivity index (χ1) is 7.31. The number of anilines is 1. The van der Waals surface area contributed by atoms with E-state index in [-0.39, 0.29) is 0 Å². The average molecular weight is 271 g/mol. The van der Waals surface area contributed by atoms with Crippen LogP contribution in [0.3, 0.4) is 0 Å². The number of ether oxygens (including phenoxy) is 1. The molecular weight excluding hydrogens is 256 g/mol. The molecule has 0 amide bonds. The molecule has 4 heteroatoms. The second kappa shape index (κ2) is 4.94. The molecule has 2 rings (SSSR count). The molecule has 1 atom stereocenters. The van der Waals surface area contributed by atoms with Crippen molar-refractivity contribution in [1.82, 2.24) is 4.98 Å². The number of rotatable bonds is 3. The van der Waals surface area contributed by atoms with E-state index < -0.39 is 0 Å². The van der Waals surface area contributed by atoms with E-state index in [4.69, 9.17) is 4.74 Å². The number of pyridine rings is 1. The first-order valence-electron chi connectivity index (χ1n) is 5.17.